The minimum absolute atomic E-state index is 0. The molecule has 2 fully saturated rings. The van der Waals surface area contributed by atoms with Gasteiger partial charge in [0.05, 0.1) is 0 Å². The minimum Gasteiger partial charge on any atom is -0.0773 e. The molecule has 0 amide bonds. The van der Waals surface area contributed by atoms with E-state index >= 15 is 0 Å². The van der Waals surface area contributed by atoms with Crippen molar-refractivity contribution in [2.75, 3.05) is 0 Å². The maximum Gasteiger partial charge on any atom is 1.00 e. The molecule has 2 saturated carbocycles. The molecule has 2 aromatic rings. The van der Waals surface area contributed by atoms with E-state index in [-0.39, 0.29) is 37.7 Å². The summed E-state index contributed by atoms with van der Waals surface area (Å²) >= 11 is 0. The van der Waals surface area contributed by atoms with Gasteiger partial charge in [-0.3, -0.25) is 0 Å². The molecule has 0 saturated heterocycles. The van der Waals surface area contributed by atoms with Crippen LogP contribution in [-0.2, 0) is 12.8 Å². The van der Waals surface area contributed by atoms with Crippen LogP contribution in [0.5, 0.6) is 0 Å². The van der Waals surface area contributed by atoms with Crippen molar-refractivity contribution in [2.24, 2.45) is 23.7 Å². The van der Waals surface area contributed by atoms with E-state index in [1.54, 1.807) is 0 Å². The Morgan fingerprint density at radius 2 is 0.971 bits per heavy atom. The Morgan fingerprint density at radius 3 is 1.40 bits per heavy atom. The van der Waals surface area contributed by atoms with Crippen molar-refractivity contribution in [1.29, 1.82) is 0 Å². The summed E-state index contributed by atoms with van der Waals surface area (Å²) in [5, 5.41) is 0. The monoisotopic (exact) mass is 456 g/mol. The van der Waals surface area contributed by atoms with Gasteiger partial charge in [-0.05, 0) is 47.6 Å². The molecular weight excluding hydrogens is 410 g/mol. The normalized spacial score (nSPS) is 18.3. The molecule has 35 heavy (non-hydrogen) atoms. The average molecular weight is 457 g/mol. The van der Waals surface area contributed by atoms with Crippen LogP contribution in [-0.4, -0.2) is 0 Å². The fourth-order valence-electron chi connectivity index (χ4n) is 5.51. The smallest absolute Gasteiger partial charge is 0.0773 e. The summed E-state index contributed by atoms with van der Waals surface area (Å²) in [6.45, 7) is 4.74. The van der Waals surface area contributed by atoms with Gasteiger partial charge < -0.3 is 0 Å². The predicted octanol–water partition coefficient (Wildman–Crippen LogP) is 3.62. The molecule has 3 aliphatic carbocycles. The fraction of sp³-hybridized carbons (Fsp3) is 0.515. The molecule has 5 rings (SSSR count). The third-order valence-electron chi connectivity index (χ3n) is 7.69. The van der Waals surface area contributed by atoms with Crippen molar-refractivity contribution in [1.82, 2.24) is 0 Å². The molecule has 2 unspecified atom stereocenters. The fourth-order valence-corrected chi connectivity index (χ4v) is 5.51. The Bertz CT molecular complexity index is 782. The van der Waals surface area contributed by atoms with Crippen LogP contribution in [0, 0.1) is 23.7 Å². The number of hydrogen-bond donors (Lipinski definition) is 0. The van der Waals surface area contributed by atoms with Gasteiger partial charge in [0.1, 0.15) is 0 Å². The summed E-state index contributed by atoms with van der Waals surface area (Å²) in [4.78, 5) is 0. The zero-order valence-corrected chi connectivity index (χ0v) is 23.2. The van der Waals surface area contributed by atoms with E-state index in [0.29, 0.717) is 11.8 Å². The van der Waals surface area contributed by atoms with E-state index in [2.05, 4.69) is 98.8 Å². The van der Waals surface area contributed by atoms with E-state index in [4.69, 9.17) is 0 Å². The summed E-state index contributed by atoms with van der Waals surface area (Å²) < 4.78 is 0. The Hall–Kier alpha value is -0.885. The van der Waals surface area contributed by atoms with Gasteiger partial charge in [-0.15, -0.1) is 0 Å². The van der Waals surface area contributed by atoms with Gasteiger partial charge in [-0.25, -0.2) is 0 Å². The van der Waals surface area contributed by atoms with Gasteiger partial charge in [-0.1, -0.05) is 157 Å². The molecule has 0 heterocycles. The number of benzene rings is 2. The second-order valence-corrected chi connectivity index (χ2v) is 10.5. The van der Waals surface area contributed by atoms with E-state index in [1.165, 1.54) is 81.8 Å². The van der Waals surface area contributed by atoms with E-state index < -0.39 is 0 Å². The van der Waals surface area contributed by atoms with Crippen molar-refractivity contribution in [3.8, 4) is 0 Å². The maximum absolute atomic E-state index is 2.42. The SMILES string of the molecule is C1CCCC1.CC(Cc1ccccc1)C1C=CC=C1.CC(Cc1ccccc1)C1CCCC1.[Li+].[Li+]. The van der Waals surface area contributed by atoms with E-state index in [1.807, 2.05) is 0 Å². The van der Waals surface area contributed by atoms with Crippen LogP contribution >= 0.6 is 0 Å². The van der Waals surface area contributed by atoms with Crippen LogP contribution in [0.3, 0.4) is 0 Å². The Labute approximate surface area is 240 Å². The van der Waals surface area contributed by atoms with Crippen LogP contribution < -0.4 is 37.7 Å². The van der Waals surface area contributed by atoms with Gasteiger partial charge in [0.2, 0.25) is 0 Å². The standard InChI is InChI=1S/C14H20.C14H16.C5H10.2Li/c2*1-12(14-9-5-6-10-14)11-13-7-3-2-4-8-13;1-2-4-5-3-1;;/h2-4,7-8,12,14H,5-6,9-11H2,1H3;2-10,12,14H,11H2,1H3;1-5H2;;/q;;;2*+1. The molecule has 2 aromatic carbocycles. The topological polar surface area (TPSA) is 0 Å². The van der Waals surface area contributed by atoms with Crippen LogP contribution in [0.25, 0.3) is 0 Å². The summed E-state index contributed by atoms with van der Waals surface area (Å²) in [5.74, 6) is 3.21. The molecular formula is C33H46Li2+2. The third kappa shape index (κ3) is 12.8. The van der Waals surface area contributed by atoms with Crippen LogP contribution in [0.4, 0.5) is 0 Å². The number of allylic oxidation sites excluding steroid dienone is 4. The van der Waals surface area contributed by atoms with Gasteiger partial charge in [-0.2, -0.15) is 0 Å². The maximum atomic E-state index is 2.42. The van der Waals surface area contributed by atoms with Crippen LogP contribution in [0.2, 0.25) is 0 Å². The van der Waals surface area contributed by atoms with Crippen molar-refractivity contribution < 1.29 is 37.7 Å². The first-order chi connectivity index (χ1) is 16.2. The molecule has 178 valence electrons. The van der Waals surface area contributed by atoms with Gasteiger partial charge in [0.25, 0.3) is 0 Å². The van der Waals surface area contributed by atoms with Gasteiger partial charge >= 0.3 is 37.7 Å². The van der Waals surface area contributed by atoms with Crippen LogP contribution in [0.1, 0.15) is 82.8 Å². The first-order valence-corrected chi connectivity index (χ1v) is 13.6. The Morgan fingerprint density at radius 1 is 0.571 bits per heavy atom. The molecule has 0 N–H and O–H groups in total. The van der Waals surface area contributed by atoms with Crippen molar-refractivity contribution in [3.05, 3.63) is 96.1 Å². The molecule has 0 aromatic heterocycles. The molecule has 0 aliphatic heterocycles. The first kappa shape index (κ1) is 32.1. The van der Waals surface area contributed by atoms with E-state index in [0.717, 1.165) is 11.8 Å². The van der Waals surface area contributed by atoms with Gasteiger partial charge in [0, 0.05) is 0 Å². The second-order valence-electron chi connectivity index (χ2n) is 10.5. The van der Waals surface area contributed by atoms with E-state index in [9.17, 15) is 0 Å². The van der Waals surface area contributed by atoms with Crippen LogP contribution in [0.15, 0.2) is 85.0 Å². The molecule has 0 radical (unpaired) electrons. The average Bonchev–Trinajstić information content (AvgIpc) is 3.65. The molecule has 0 bridgehead atoms. The third-order valence-corrected chi connectivity index (χ3v) is 7.69. The number of rotatable bonds is 6. The summed E-state index contributed by atoms with van der Waals surface area (Å²) in [6, 6.07) is 21.6. The predicted molar refractivity (Wildman–Crippen MR) is 145 cm³/mol. The summed E-state index contributed by atoms with van der Waals surface area (Å²) in [6.07, 6.45) is 24.7. The Balaban J connectivity index is 0.000000279. The van der Waals surface area contributed by atoms with Crippen molar-refractivity contribution in [2.45, 2.75) is 84.5 Å². The molecule has 2 heteroatoms. The summed E-state index contributed by atoms with van der Waals surface area (Å²) in [7, 11) is 0. The Kier molecular flexibility index (Phi) is 17.7. The molecule has 2 atom stereocenters. The molecule has 0 nitrogen and oxygen atoms in total. The summed E-state index contributed by atoms with van der Waals surface area (Å²) in [5.41, 5.74) is 2.94. The second kappa shape index (κ2) is 19.3. The number of hydrogen-bond acceptors (Lipinski definition) is 0. The van der Waals surface area contributed by atoms with Crippen molar-refractivity contribution >= 4 is 0 Å². The quantitative estimate of drug-likeness (QED) is 0.583. The zero-order valence-electron chi connectivity index (χ0n) is 23.2. The molecule has 3 aliphatic rings. The minimum atomic E-state index is 0. The first-order valence-electron chi connectivity index (χ1n) is 13.6. The molecule has 0 spiro atoms. The zero-order chi connectivity index (χ0) is 23.1. The largest absolute Gasteiger partial charge is 1.00 e. The van der Waals surface area contributed by atoms with Gasteiger partial charge in [0.15, 0.2) is 0 Å². The van der Waals surface area contributed by atoms with Crippen molar-refractivity contribution in [3.63, 3.8) is 0 Å².